The number of nitriles is 2. The van der Waals surface area contributed by atoms with Gasteiger partial charge in [0.1, 0.15) is 11.8 Å². The van der Waals surface area contributed by atoms with E-state index < -0.39 is 6.04 Å². The van der Waals surface area contributed by atoms with Crippen LogP contribution in [0, 0.1) is 28.1 Å². The largest absolute Gasteiger partial charge is 0.291 e. The van der Waals surface area contributed by atoms with Crippen LogP contribution in [0.5, 0.6) is 0 Å². The number of rotatable bonds is 3. The molecule has 0 radical (unpaired) electrons. The molecule has 0 unspecified atom stereocenters. The average molecular weight is 231 g/mol. The Labute approximate surface area is 97.9 Å². The van der Waals surface area contributed by atoms with Crippen molar-refractivity contribution in [2.24, 2.45) is 4.99 Å². The normalized spacial score (nSPS) is 11.7. The number of aliphatic imine (C=N–C) groups is 1. The Balaban J connectivity index is 2.85. The molecule has 0 heterocycles. The summed E-state index contributed by atoms with van der Waals surface area (Å²) >= 11 is 5.76. The molecule has 1 atom stereocenters. The summed E-state index contributed by atoms with van der Waals surface area (Å²) in [5.74, 6) is 0. The average Bonchev–Trinajstić information content (AvgIpc) is 2.29. The van der Waals surface area contributed by atoms with Crippen molar-refractivity contribution in [1.29, 1.82) is 15.9 Å². The molecule has 16 heavy (non-hydrogen) atoms. The predicted molar refractivity (Wildman–Crippen MR) is 61.8 cm³/mol. The highest BCUT2D eigenvalue weighted by Crippen LogP contribution is 2.09. The third kappa shape index (κ3) is 3.20. The number of nitrogens with zero attached hydrogens (tertiary/aromatic N) is 3. The van der Waals surface area contributed by atoms with Crippen molar-refractivity contribution < 1.29 is 0 Å². The lowest BCUT2D eigenvalue weighted by molar-refractivity contribution is 1.09. The molecule has 1 rings (SSSR count). The summed E-state index contributed by atoms with van der Waals surface area (Å²) in [7, 11) is 0. The summed E-state index contributed by atoms with van der Waals surface area (Å²) in [5.41, 5.74) is 0.347. The third-order valence-corrected chi connectivity index (χ3v) is 1.97. The van der Waals surface area contributed by atoms with Crippen molar-refractivity contribution in [3.63, 3.8) is 0 Å². The van der Waals surface area contributed by atoms with Gasteiger partial charge < -0.3 is 0 Å². The second-order valence-corrected chi connectivity index (χ2v) is 3.33. The molecule has 0 aliphatic heterocycles. The van der Waals surface area contributed by atoms with Crippen LogP contribution in [0.1, 0.15) is 5.56 Å². The van der Waals surface area contributed by atoms with E-state index in [0.29, 0.717) is 5.02 Å². The van der Waals surface area contributed by atoms with Gasteiger partial charge in [0.05, 0.1) is 6.07 Å². The second-order valence-electron chi connectivity index (χ2n) is 2.89. The van der Waals surface area contributed by atoms with Crippen LogP contribution in [0.2, 0.25) is 5.02 Å². The Morgan fingerprint density at radius 3 is 2.81 bits per heavy atom. The minimum absolute atomic E-state index is 0.374. The standard InChI is InChI=1S/C11H7ClN4/c12-9-3-1-2-8(4-9)7-16-11(6-14)10(15)5-13/h1-4,7,11,15H/t11-/m0/s1. The van der Waals surface area contributed by atoms with Crippen LogP contribution in [0.3, 0.4) is 0 Å². The first-order chi connectivity index (χ1) is 7.67. The minimum Gasteiger partial charge on any atom is -0.291 e. The van der Waals surface area contributed by atoms with Crippen molar-refractivity contribution in [2.75, 3.05) is 0 Å². The lowest BCUT2D eigenvalue weighted by Crippen LogP contribution is -2.13. The molecular weight excluding hydrogens is 224 g/mol. The van der Waals surface area contributed by atoms with Crippen LogP contribution in [0.4, 0.5) is 0 Å². The highest BCUT2D eigenvalue weighted by atomic mass is 35.5. The molecule has 0 aliphatic carbocycles. The van der Waals surface area contributed by atoms with Gasteiger partial charge in [0, 0.05) is 11.2 Å². The highest BCUT2D eigenvalue weighted by Gasteiger charge is 2.09. The number of benzene rings is 1. The van der Waals surface area contributed by atoms with Crippen LogP contribution >= 0.6 is 11.6 Å². The number of nitrogens with one attached hydrogen (secondary N) is 1. The number of halogens is 1. The fraction of sp³-hybridized carbons (Fsp3) is 0.0909. The Kier molecular flexibility index (Phi) is 4.20. The van der Waals surface area contributed by atoms with E-state index >= 15 is 0 Å². The van der Waals surface area contributed by atoms with Crippen molar-refractivity contribution in [3.05, 3.63) is 34.9 Å². The molecule has 0 saturated heterocycles. The van der Waals surface area contributed by atoms with Gasteiger partial charge in [-0.1, -0.05) is 23.7 Å². The molecule has 0 spiro atoms. The molecule has 1 N–H and O–H groups in total. The molecule has 0 fully saturated rings. The van der Waals surface area contributed by atoms with Crippen LogP contribution in [-0.2, 0) is 0 Å². The Morgan fingerprint density at radius 1 is 1.50 bits per heavy atom. The predicted octanol–water partition coefficient (Wildman–Crippen LogP) is 2.19. The topological polar surface area (TPSA) is 83.8 Å². The van der Waals surface area contributed by atoms with E-state index in [0.717, 1.165) is 5.56 Å². The number of hydrogen-bond donors (Lipinski definition) is 1. The quantitative estimate of drug-likeness (QED) is 0.808. The Hall–Kier alpha value is -2.17. The van der Waals surface area contributed by atoms with E-state index in [1.807, 2.05) is 0 Å². The zero-order chi connectivity index (χ0) is 12.0. The zero-order valence-electron chi connectivity index (χ0n) is 8.18. The van der Waals surface area contributed by atoms with Gasteiger partial charge in [-0.25, -0.2) is 0 Å². The first-order valence-corrected chi connectivity index (χ1v) is 4.72. The van der Waals surface area contributed by atoms with Gasteiger partial charge in [-0.15, -0.1) is 0 Å². The molecule has 0 amide bonds. The maximum Gasteiger partial charge on any atom is 0.187 e. The van der Waals surface area contributed by atoms with Crippen molar-refractivity contribution in [2.45, 2.75) is 6.04 Å². The van der Waals surface area contributed by atoms with Crippen LogP contribution in [0.25, 0.3) is 0 Å². The summed E-state index contributed by atoms with van der Waals surface area (Å²) < 4.78 is 0. The first-order valence-electron chi connectivity index (χ1n) is 4.34. The van der Waals surface area contributed by atoms with Crippen LogP contribution in [-0.4, -0.2) is 18.0 Å². The van der Waals surface area contributed by atoms with Gasteiger partial charge in [-0.2, -0.15) is 10.5 Å². The van der Waals surface area contributed by atoms with E-state index in [1.165, 1.54) is 6.21 Å². The van der Waals surface area contributed by atoms with Crippen molar-refractivity contribution in [3.8, 4) is 12.1 Å². The van der Waals surface area contributed by atoms with E-state index in [1.54, 1.807) is 36.4 Å². The summed E-state index contributed by atoms with van der Waals surface area (Å²) in [6, 6.07) is 9.20. The van der Waals surface area contributed by atoms with Crippen LogP contribution < -0.4 is 0 Å². The van der Waals surface area contributed by atoms with Gasteiger partial charge >= 0.3 is 0 Å². The van der Waals surface area contributed by atoms with Gasteiger partial charge in [0.25, 0.3) is 0 Å². The molecule has 0 aromatic heterocycles. The lowest BCUT2D eigenvalue weighted by atomic mass is 10.2. The summed E-state index contributed by atoms with van der Waals surface area (Å²) in [6.07, 6.45) is 1.42. The monoisotopic (exact) mass is 230 g/mol. The molecule has 0 bridgehead atoms. The van der Waals surface area contributed by atoms with Gasteiger partial charge in [0.15, 0.2) is 6.04 Å². The minimum atomic E-state index is -1.05. The fourth-order valence-electron chi connectivity index (χ4n) is 0.981. The number of hydrogen-bond acceptors (Lipinski definition) is 4. The SMILES string of the molecule is N#CC(=N)[C@H](C#N)N=Cc1cccc(Cl)c1. The van der Waals surface area contributed by atoms with E-state index in [2.05, 4.69) is 4.99 Å². The molecular formula is C11H7ClN4. The van der Waals surface area contributed by atoms with Gasteiger partial charge in [0.2, 0.25) is 0 Å². The molecule has 1 aromatic carbocycles. The molecule has 0 saturated carbocycles. The smallest absolute Gasteiger partial charge is 0.187 e. The molecule has 4 nitrogen and oxygen atoms in total. The molecule has 5 heteroatoms. The zero-order valence-corrected chi connectivity index (χ0v) is 8.94. The van der Waals surface area contributed by atoms with Crippen molar-refractivity contribution >= 4 is 23.5 Å². The van der Waals surface area contributed by atoms with E-state index in [4.69, 9.17) is 27.5 Å². The maximum atomic E-state index is 8.68. The fourth-order valence-corrected chi connectivity index (χ4v) is 1.18. The van der Waals surface area contributed by atoms with Gasteiger partial charge in [-0.05, 0) is 17.7 Å². The lowest BCUT2D eigenvalue weighted by Gasteiger charge is -1.97. The van der Waals surface area contributed by atoms with E-state index in [9.17, 15) is 0 Å². The van der Waals surface area contributed by atoms with Crippen molar-refractivity contribution in [1.82, 2.24) is 0 Å². The Morgan fingerprint density at radius 2 is 2.25 bits per heavy atom. The van der Waals surface area contributed by atoms with E-state index in [-0.39, 0.29) is 5.71 Å². The summed E-state index contributed by atoms with van der Waals surface area (Å²) in [6.45, 7) is 0. The summed E-state index contributed by atoms with van der Waals surface area (Å²) in [5, 5.41) is 24.9. The third-order valence-electron chi connectivity index (χ3n) is 1.74. The van der Waals surface area contributed by atoms with Gasteiger partial charge in [-0.3, -0.25) is 10.4 Å². The maximum absolute atomic E-state index is 8.68. The first kappa shape index (κ1) is 11.9. The Bertz CT molecular complexity index is 507. The summed E-state index contributed by atoms with van der Waals surface area (Å²) in [4.78, 5) is 3.83. The molecule has 0 aliphatic rings. The van der Waals surface area contributed by atoms with Crippen LogP contribution in [0.15, 0.2) is 29.3 Å². The highest BCUT2D eigenvalue weighted by molar-refractivity contribution is 6.30. The molecule has 78 valence electrons. The second kappa shape index (κ2) is 5.65. The molecule has 1 aromatic rings.